The fraction of sp³-hybridized carbons (Fsp3) is 0.261. The number of ether oxygens (including phenoxy) is 2. The number of nitrogens with zero attached hydrogens (tertiary/aromatic N) is 3. The molecule has 0 bridgehead atoms. The van der Waals surface area contributed by atoms with Crippen molar-refractivity contribution in [3.05, 3.63) is 81.0 Å². The third kappa shape index (κ3) is 5.93. The normalized spacial score (nSPS) is 11.5. The number of benzene rings is 2. The summed E-state index contributed by atoms with van der Waals surface area (Å²) >= 11 is 0.824. The fourth-order valence-corrected chi connectivity index (χ4v) is 3.77. The van der Waals surface area contributed by atoms with Crippen LogP contribution in [0.25, 0.3) is 0 Å². The minimum atomic E-state index is -1.24. The van der Waals surface area contributed by atoms with Gasteiger partial charge in [-0.15, -0.1) is 0 Å². The average molecular weight is 485 g/mol. The first kappa shape index (κ1) is 24.8. The Bertz CT molecular complexity index is 1290. The second kappa shape index (κ2) is 11.3. The number of rotatable bonds is 9. The Hall–Kier alpha value is -3.86. The van der Waals surface area contributed by atoms with Crippen LogP contribution in [0.3, 0.4) is 0 Å². The minimum absolute atomic E-state index is 0.0343. The molecular weight excluding hydrogens is 460 g/mol. The van der Waals surface area contributed by atoms with E-state index in [0.717, 1.165) is 21.0 Å². The van der Waals surface area contributed by atoms with Crippen molar-refractivity contribution in [2.45, 2.75) is 18.1 Å². The molecule has 0 saturated heterocycles. The number of aryl methyl sites for hydroxylation is 1. The van der Waals surface area contributed by atoms with E-state index in [9.17, 15) is 19.2 Å². The first-order valence-corrected chi connectivity index (χ1v) is 11.3. The van der Waals surface area contributed by atoms with Crippen molar-refractivity contribution in [3.8, 4) is 5.75 Å². The molecule has 1 amide bonds. The molecule has 34 heavy (non-hydrogen) atoms. The molecule has 1 aromatic heterocycles. The maximum Gasteiger partial charge on any atom is 0.346 e. The quantitative estimate of drug-likeness (QED) is 0.361. The van der Waals surface area contributed by atoms with Crippen LogP contribution < -0.4 is 21.3 Å². The summed E-state index contributed by atoms with van der Waals surface area (Å²) in [5.41, 5.74) is -0.280. The number of carbonyl (C=O) groups excluding carboxylic acids is 2. The molecular formula is C23H24N4O6S. The van der Waals surface area contributed by atoms with Gasteiger partial charge in [0.15, 0.2) is 5.03 Å². The molecule has 0 aliphatic carbocycles. The summed E-state index contributed by atoms with van der Waals surface area (Å²) in [7, 11) is 2.73. The van der Waals surface area contributed by atoms with Gasteiger partial charge in [0, 0.05) is 19.7 Å². The van der Waals surface area contributed by atoms with Gasteiger partial charge in [0.1, 0.15) is 5.75 Å². The van der Waals surface area contributed by atoms with Gasteiger partial charge in [-0.05, 0) is 19.1 Å². The van der Waals surface area contributed by atoms with E-state index in [4.69, 9.17) is 9.47 Å². The lowest BCUT2D eigenvalue weighted by atomic mass is 10.1. The topological polar surface area (TPSA) is 122 Å². The van der Waals surface area contributed by atoms with Gasteiger partial charge in [0.05, 0.1) is 18.0 Å². The fourth-order valence-electron chi connectivity index (χ4n) is 3.00. The second-order valence-electron chi connectivity index (χ2n) is 7.06. The van der Waals surface area contributed by atoms with Gasteiger partial charge in [-0.2, -0.15) is 5.10 Å². The molecule has 0 saturated carbocycles. The van der Waals surface area contributed by atoms with Crippen molar-refractivity contribution >= 4 is 29.3 Å². The number of aromatic nitrogens is 3. The standard InChI is InChI=1S/C23H24N4O6S/c1-4-32-17-13-9-8-12-16(17)24-20(29)19(15-10-6-5-7-11-15)33-18(28)14-34-21-22(30)26(2)23(31)27(3)25-21/h5-13,19H,4,14H2,1-3H3,(H,24,29). The van der Waals surface area contributed by atoms with Crippen LogP contribution in [0.15, 0.2) is 69.2 Å². The van der Waals surface area contributed by atoms with E-state index in [-0.39, 0.29) is 10.8 Å². The number of para-hydroxylation sites is 2. The molecule has 1 atom stereocenters. The predicted octanol–water partition coefficient (Wildman–Crippen LogP) is 1.89. The first-order chi connectivity index (χ1) is 16.3. The van der Waals surface area contributed by atoms with Crippen molar-refractivity contribution in [1.82, 2.24) is 14.3 Å². The number of amides is 1. The average Bonchev–Trinajstić information content (AvgIpc) is 2.84. The highest BCUT2D eigenvalue weighted by Crippen LogP contribution is 2.27. The van der Waals surface area contributed by atoms with Crippen LogP contribution >= 0.6 is 11.8 Å². The van der Waals surface area contributed by atoms with Gasteiger partial charge in [0.2, 0.25) is 6.10 Å². The Balaban J connectivity index is 1.77. The predicted molar refractivity (Wildman–Crippen MR) is 127 cm³/mol. The van der Waals surface area contributed by atoms with Gasteiger partial charge in [0.25, 0.3) is 11.5 Å². The smallest absolute Gasteiger partial charge is 0.346 e. The van der Waals surface area contributed by atoms with E-state index in [1.165, 1.54) is 14.1 Å². The van der Waals surface area contributed by atoms with Crippen molar-refractivity contribution in [2.75, 3.05) is 17.7 Å². The summed E-state index contributed by atoms with van der Waals surface area (Å²) in [6, 6.07) is 15.5. The van der Waals surface area contributed by atoms with E-state index in [2.05, 4.69) is 10.4 Å². The zero-order chi connectivity index (χ0) is 24.7. The number of carbonyl (C=O) groups is 2. The maximum absolute atomic E-state index is 13.1. The highest BCUT2D eigenvalue weighted by atomic mass is 32.2. The summed E-state index contributed by atoms with van der Waals surface area (Å²) in [5.74, 6) is -1.09. The molecule has 1 N–H and O–H groups in total. The summed E-state index contributed by atoms with van der Waals surface area (Å²) in [6.07, 6.45) is -1.24. The van der Waals surface area contributed by atoms with Gasteiger partial charge in [-0.25, -0.2) is 9.48 Å². The van der Waals surface area contributed by atoms with Gasteiger partial charge in [-0.3, -0.25) is 19.0 Å². The molecule has 178 valence electrons. The molecule has 0 radical (unpaired) electrons. The third-order valence-electron chi connectivity index (χ3n) is 4.65. The van der Waals surface area contributed by atoms with Crippen molar-refractivity contribution in [1.29, 1.82) is 0 Å². The Morgan fingerprint density at radius 3 is 2.44 bits per heavy atom. The first-order valence-electron chi connectivity index (χ1n) is 10.4. The largest absolute Gasteiger partial charge is 0.492 e. The van der Waals surface area contributed by atoms with E-state index >= 15 is 0 Å². The molecule has 0 spiro atoms. The lowest BCUT2D eigenvalue weighted by Gasteiger charge is -2.19. The Labute approximate surface area is 199 Å². The molecule has 10 nitrogen and oxygen atoms in total. The molecule has 0 fully saturated rings. The van der Waals surface area contributed by atoms with E-state index in [0.29, 0.717) is 23.6 Å². The van der Waals surface area contributed by atoms with E-state index in [1.54, 1.807) is 54.6 Å². The molecule has 1 heterocycles. The summed E-state index contributed by atoms with van der Waals surface area (Å²) in [6.45, 7) is 2.25. The van der Waals surface area contributed by atoms with Crippen molar-refractivity contribution in [2.24, 2.45) is 14.1 Å². The Kier molecular flexibility index (Phi) is 8.25. The van der Waals surface area contributed by atoms with Crippen LogP contribution in [0.2, 0.25) is 0 Å². The molecule has 3 rings (SSSR count). The number of nitrogens with one attached hydrogen (secondary N) is 1. The molecule has 0 aliphatic rings. The molecule has 2 aromatic carbocycles. The van der Waals surface area contributed by atoms with Crippen LogP contribution in [0, 0.1) is 0 Å². The summed E-state index contributed by atoms with van der Waals surface area (Å²) < 4.78 is 12.9. The van der Waals surface area contributed by atoms with Crippen LogP contribution in [0.4, 0.5) is 5.69 Å². The lowest BCUT2D eigenvalue weighted by Crippen LogP contribution is -2.39. The Morgan fingerprint density at radius 1 is 1.06 bits per heavy atom. The zero-order valence-electron chi connectivity index (χ0n) is 18.9. The van der Waals surface area contributed by atoms with Crippen molar-refractivity contribution < 1.29 is 19.1 Å². The molecule has 11 heteroatoms. The third-order valence-corrected chi connectivity index (χ3v) is 5.56. The number of hydrogen-bond acceptors (Lipinski definition) is 8. The van der Waals surface area contributed by atoms with Crippen LogP contribution in [0.1, 0.15) is 18.6 Å². The van der Waals surface area contributed by atoms with Gasteiger partial charge < -0.3 is 14.8 Å². The highest BCUT2D eigenvalue weighted by molar-refractivity contribution is 7.99. The SMILES string of the molecule is CCOc1ccccc1NC(=O)C(OC(=O)CSc1nn(C)c(=O)n(C)c1=O)c1ccccc1. The second-order valence-corrected chi connectivity index (χ2v) is 8.03. The molecule has 1 unspecified atom stereocenters. The monoisotopic (exact) mass is 484 g/mol. The highest BCUT2D eigenvalue weighted by Gasteiger charge is 2.26. The van der Waals surface area contributed by atoms with Crippen molar-refractivity contribution in [3.63, 3.8) is 0 Å². The van der Waals surface area contributed by atoms with E-state index in [1.807, 2.05) is 6.92 Å². The van der Waals surface area contributed by atoms with Gasteiger partial charge in [-0.1, -0.05) is 54.2 Å². The van der Waals surface area contributed by atoms with Gasteiger partial charge >= 0.3 is 11.7 Å². The molecule has 3 aromatic rings. The van der Waals surface area contributed by atoms with Crippen LogP contribution in [0.5, 0.6) is 5.75 Å². The number of hydrogen-bond donors (Lipinski definition) is 1. The summed E-state index contributed by atoms with van der Waals surface area (Å²) in [4.78, 5) is 49.7. The zero-order valence-corrected chi connectivity index (χ0v) is 19.7. The molecule has 0 aliphatic heterocycles. The summed E-state index contributed by atoms with van der Waals surface area (Å²) in [5, 5.41) is 6.61. The lowest BCUT2D eigenvalue weighted by molar-refractivity contribution is -0.152. The van der Waals surface area contributed by atoms with Crippen LogP contribution in [-0.4, -0.2) is 38.6 Å². The minimum Gasteiger partial charge on any atom is -0.492 e. The van der Waals surface area contributed by atoms with Crippen LogP contribution in [-0.2, 0) is 28.4 Å². The maximum atomic E-state index is 13.1. The number of esters is 1. The van der Waals surface area contributed by atoms with E-state index < -0.39 is 29.2 Å². The Morgan fingerprint density at radius 2 is 1.74 bits per heavy atom. The number of thioether (sulfide) groups is 1. The number of anilines is 1.